The van der Waals surface area contributed by atoms with E-state index in [0.717, 1.165) is 18.7 Å². The second kappa shape index (κ2) is 8.91. The quantitative estimate of drug-likeness (QED) is 0.611. The minimum absolute atomic E-state index is 0.00167. The molecule has 3 N–H and O–H groups in total. The van der Waals surface area contributed by atoms with Crippen LogP contribution < -0.4 is 16.0 Å². The summed E-state index contributed by atoms with van der Waals surface area (Å²) in [7, 11) is 0. The minimum atomic E-state index is -0.840. The molecule has 162 valence electrons. The number of rotatable bonds is 5. The molecular weight excluding hydrogens is 408 g/mol. The van der Waals surface area contributed by atoms with Gasteiger partial charge in [0.1, 0.15) is 5.54 Å². The third kappa shape index (κ3) is 4.45. The van der Waals surface area contributed by atoms with Gasteiger partial charge in [0.2, 0.25) is 5.91 Å². The molecule has 9 heteroatoms. The average molecular weight is 435 g/mol. The van der Waals surface area contributed by atoms with Crippen molar-refractivity contribution < 1.29 is 19.1 Å². The van der Waals surface area contributed by atoms with E-state index in [1.165, 1.54) is 0 Å². The van der Waals surface area contributed by atoms with Gasteiger partial charge in [0.25, 0.3) is 5.91 Å². The second-order valence-corrected chi connectivity index (χ2v) is 8.66. The maximum absolute atomic E-state index is 12.9. The molecule has 4 rings (SSSR count). The van der Waals surface area contributed by atoms with Gasteiger partial charge in [0, 0.05) is 30.6 Å². The zero-order chi connectivity index (χ0) is 21.1. The van der Waals surface area contributed by atoms with Crippen molar-refractivity contribution in [2.24, 2.45) is 5.92 Å². The summed E-state index contributed by atoms with van der Waals surface area (Å²) in [5.74, 6) is -0.431. The molecule has 3 fully saturated rings. The van der Waals surface area contributed by atoms with Crippen LogP contribution in [0.4, 0.5) is 4.79 Å². The van der Waals surface area contributed by atoms with Gasteiger partial charge in [-0.3, -0.25) is 19.8 Å². The largest absolute Gasteiger partial charge is 0.379 e. The second-order valence-electron chi connectivity index (χ2n) is 8.23. The van der Waals surface area contributed by atoms with Crippen molar-refractivity contribution >= 4 is 29.4 Å². The molecule has 1 saturated carbocycles. The van der Waals surface area contributed by atoms with Gasteiger partial charge in [-0.2, -0.15) is 0 Å². The highest BCUT2D eigenvalue weighted by molar-refractivity contribution is 6.30. The molecule has 1 unspecified atom stereocenters. The normalized spacial score (nSPS) is 28.1. The van der Waals surface area contributed by atoms with E-state index in [1.54, 1.807) is 0 Å². The van der Waals surface area contributed by atoms with Crippen LogP contribution in [0.1, 0.15) is 37.3 Å². The van der Waals surface area contributed by atoms with Crippen LogP contribution in [0.15, 0.2) is 24.3 Å². The maximum Gasteiger partial charge on any atom is 0.322 e. The number of morpholine rings is 1. The van der Waals surface area contributed by atoms with Crippen LogP contribution in [-0.4, -0.2) is 61.1 Å². The van der Waals surface area contributed by atoms with Crippen molar-refractivity contribution in [1.29, 1.82) is 0 Å². The number of amides is 4. The molecular formula is C21H27ClN4O4. The fraction of sp³-hybridized carbons (Fsp3) is 0.571. The van der Waals surface area contributed by atoms with E-state index in [0.29, 0.717) is 50.5 Å². The Bertz CT molecular complexity index is 802. The summed E-state index contributed by atoms with van der Waals surface area (Å²) < 4.78 is 5.48. The Balaban J connectivity index is 1.36. The van der Waals surface area contributed by atoms with Crippen molar-refractivity contribution in [3.63, 3.8) is 0 Å². The van der Waals surface area contributed by atoms with Crippen LogP contribution in [0.25, 0.3) is 0 Å². The summed E-state index contributed by atoms with van der Waals surface area (Å²) in [4.78, 5) is 38.7. The van der Waals surface area contributed by atoms with Crippen molar-refractivity contribution in [1.82, 2.24) is 20.9 Å². The van der Waals surface area contributed by atoms with E-state index in [1.807, 2.05) is 24.3 Å². The molecule has 1 aromatic carbocycles. The van der Waals surface area contributed by atoms with Crippen LogP contribution >= 0.6 is 11.6 Å². The molecule has 2 aliphatic heterocycles. The summed E-state index contributed by atoms with van der Waals surface area (Å²) in [6.45, 7) is 3.47. The highest BCUT2D eigenvalue weighted by Gasteiger charge is 2.48. The average Bonchev–Trinajstić information content (AvgIpc) is 3.03. The van der Waals surface area contributed by atoms with Crippen LogP contribution in [0.3, 0.4) is 0 Å². The molecule has 1 aromatic rings. The molecule has 8 nitrogen and oxygen atoms in total. The molecule has 0 radical (unpaired) electrons. The topological polar surface area (TPSA) is 99.8 Å². The van der Waals surface area contributed by atoms with Gasteiger partial charge in [-0.15, -0.1) is 0 Å². The number of nitrogens with one attached hydrogen (secondary N) is 3. The summed E-state index contributed by atoms with van der Waals surface area (Å²) in [6, 6.07) is 7.34. The van der Waals surface area contributed by atoms with Crippen LogP contribution in [0.5, 0.6) is 0 Å². The molecule has 1 aliphatic carbocycles. The number of ether oxygens (including phenoxy) is 1. The van der Waals surface area contributed by atoms with Crippen LogP contribution in [0, 0.1) is 5.92 Å². The predicted molar refractivity (Wildman–Crippen MR) is 111 cm³/mol. The Hall–Kier alpha value is -2.16. The number of benzene rings is 1. The Kier molecular flexibility index (Phi) is 6.26. The molecule has 2 saturated heterocycles. The number of halogens is 1. The molecule has 4 amide bonds. The molecule has 1 atom stereocenters. The molecule has 0 aromatic heterocycles. The lowest BCUT2D eigenvalue weighted by Gasteiger charge is -2.36. The van der Waals surface area contributed by atoms with Gasteiger partial charge in [-0.25, -0.2) is 4.79 Å². The number of imide groups is 1. The number of hydrogen-bond acceptors (Lipinski definition) is 5. The van der Waals surface area contributed by atoms with E-state index >= 15 is 0 Å². The lowest BCUT2D eigenvalue weighted by molar-refractivity contribution is -0.130. The van der Waals surface area contributed by atoms with Crippen molar-refractivity contribution in [3.05, 3.63) is 34.9 Å². The highest BCUT2D eigenvalue weighted by atomic mass is 35.5. The SMILES string of the molecule is O=C1NC(=O)C2(CCC(C(=O)NCC(c3ccc(Cl)cc3)N3CCOCC3)CC2)N1. The van der Waals surface area contributed by atoms with Crippen LogP contribution in [-0.2, 0) is 14.3 Å². The molecule has 3 aliphatic rings. The number of carbonyl (C=O) groups is 3. The van der Waals surface area contributed by atoms with Gasteiger partial charge in [0.15, 0.2) is 0 Å². The van der Waals surface area contributed by atoms with E-state index in [2.05, 4.69) is 20.9 Å². The van der Waals surface area contributed by atoms with E-state index < -0.39 is 11.6 Å². The van der Waals surface area contributed by atoms with Crippen molar-refractivity contribution in [3.8, 4) is 0 Å². The monoisotopic (exact) mass is 434 g/mol. The number of carbonyl (C=O) groups excluding carboxylic acids is 3. The lowest BCUT2D eigenvalue weighted by atomic mass is 9.76. The summed E-state index contributed by atoms with van der Waals surface area (Å²) >= 11 is 6.04. The fourth-order valence-corrected chi connectivity index (χ4v) is 4.75. The molecule has 1 spiro atoms. The molecule has 30 heavy (non-hydrogen) atoms. The van der Waals surface area contributed by atoms with Crippen molar-refractivity contribution in [2.45, 2.75) is 37.3 Å². The van der Waals surface area contributed by atoms with Crippen molar-refractivity contribution in [2.75, 3.05) is 32.8 Å². The first-order valence-electron chi connectivity index (χ1n) is 10.5. The van der Waals surface area contributed by atoms with E-state index in [9.17, 15) is 14.4 Å². The van der Waals surface area contributed by atoms with Gasteiger partial charge < -0.3 is 15.4 Å². The van der Waals surface area contributed by atoms with Gasteiger partial charge in [0.05, 0.1) is 19.3 Å². The summed E-state index contributed by atoms with van der Waals surface area (Å²) in [5.41, 5.74) is 0.266. The fourth-order valence-electron chi connectivity index (χ4n) is 4.63. The first-order chi connectivity index (χ1) is 14.5. The van der Waals surface area contributed by atoms with Gasteiger partial charge in [-0.05, 0) is 43.4 Å². The third-order valence-corrected chi connectivity index (χ3v) is 6.69. The predicted octanol–water partition coefficient (Wildman–Crippen LogP) is 1.60. The highest BCUT2D eigenvalue weighted by Crippen LogP contribution is 2.34. The van der Waals surface area contributed by atoms with Gasteiger partial charge >= 0.3 is 6.03 Å². The Morgan fingerprint density at radius 1 is 1.20 bits per heavy atom. The van der Waals surface area contributed by atoms with Crippen LogP contribution in [0.2, 0.25) is 5.02 Å². The minimum Gasteiger partial charge on any atom is -0.379 e. The standard InChI is InChI=1S/C21H27ClN4O4/c22-16-3-1-14(2-4-16)17(26-9-11-30-12-10-26)13-23-18(27)15-5-7-21(8-6-15)19(28)24-20(29)25-21/h1-4,15,17H,5-13H2,(H,23,27)(H2,24,25,28,29). The van der Waals surface area contributed by atoms with E-state index in [-0.39, 0.29) is 23.8 Å². The number of nitrogens with zero attached hydrogens (tertiary/aromatic N) is 1. The molecule has 2 heterocycles. The molecule has 0 bridgehead atoms. The first-order valence-corrected chi connectivity index (χ1v) is 10.8. The van der Waals surface area contributed by atoms with Gasteiger partial charge in [-0.1, -0.05) is 23.7 Å². The van der Waals surface area contributed by atoms with E-state index in [4.69, 9.17) is 16.3 Å². The lowest BCUT2D eigenvalue weighted by Crippen LogP contribution is -2.51. The Morgan fingerprint density at radius 3 is 2.47 bits per heavy atom. The number of urea groups is 1. The Labute approximate surface area is 180 Å². The first kappa shape index (κ1) is 21.1. The third-order valence-electron chi connectivity index (χ3n) is 6.44. The maximum atomic E-state index is 12.9. The zero-order valence-electron chi connectivity index (χ0n) is 16.8. The smallest absolute Gasteiger partial charge is 0.322 e. The Morgan fingerprint density at radius 2 is 1.87 bits per heavy atom. The summed E-state index contributed by atoms with van der Waals surface area (Å²) in [5, 5.41) is 8.85. The summed E-state index contributed by atoms with van der Waals surface area (Å²) in [6.07, 6.45) is 2.10. The zero-order valence-corrected chi connectivity index (χ0v) is 17.5. The number of hydrogen-bond donors (Lipinski definition) is 3.